The lowest BCUT2D eigenvalue weighted by molar-refractivity contribution is 0.372. The van der Waals surface area contributed by atoms with Crippen molar-refractivity contribution in [3.05, 3.63) is 29.8 Å². The topological polar surface area (TPSA) is 38.0 Å². The van der Waals surface area contributed by atoms with E-state index in [0.29, 0.717) is 0 Å². The zero-order valence-corrected chi connectivity index (χ0v) is 7.63. The number of anilines is 1. The largest absolute Gasteiger partial charge is 0.380 e. The van der Waals surface area contributed by atoms with Crippen LogP contribution in [-0.4, -0.2) is 12.1 Å². The van der Waals surface area contributed by atoms with Crippen molar-refractivity contribution >= 4 is 5.69 Å². The normalized spacial score (nSPS) is 25.6. The Morgan fingerprint density at radius 1 is 1.29 bits per heavy atom. The van der Waals surface area contributed by atoms with E-state index in [-0.39, 0.29) is 17.8 Å². The first-order valence-corrected chi connectivity index (χ1v) is 4.62. The van der Waals surface area contributed by atoms with Crippen LogP contribution in [0.5, 0.6) is 0 Å². The monoisotopic (exact) mass is 198 g/mol. The highest BCUT2D eigenvalue weighted by molar-refractivity contribution is 5.46. The standard InChI is InChI=1S/C10H12F2N2/c11-6-1-2-9(12)10(3-6)14-8-4-7(13)5-8/h1-3,7-8,14H,4-5,13H2. The maximum Gasteiger partial charge on any atom is 0.146 e. The van der Waals surface area contributed by atoms with Gasteiger partial charge in [-0.15, -0.1) is 0 Å². The van der Waals surface area contributed by atoms with Crippen LogP contribution in [0.2, 0.25) is 0 Å². The van der Waals surface area contributed by atoms with Gasteiger partial charge in [0, 0.05) is 12.1 Å². The molecular weight excluding hydrogens is 186 g/mol. The molecule has 0 spiro atoms. The molecular formula is C10H12F2N2. The van der Waals surface area contributed by atoms with Crippen molar-refractivity contribution in [3.8, 4) is 0 Å². The molecule has 0 atom stereocenters. The van der Waals surface area contributed by atoms with Gasteiger partial charge in [0.25, 0.3) is 0 Å². The summed E-state index contributed by atoms with van der Waals surface area (Å²) >= 11 is 0. The fourth-order valence-corrected chi connectivity index (χ4v) is 1.61. The van der Waals surface area contributed by atoms with E-state index in [4.69, 9.17) is 5.73 Å². The van der Waals surface area contributed by atoms with E-state index in [1.165, 1.54) is 6.07 Å². The van der Waals surface area contributed by atoms with Crippen LogP contribution in [0, 0.1) is 11.6 Å². The van der Waals surface area contributed by atoms with Crippen molar-refractivity contribution in [2.75, 3.05) is 5.32 Å². The summed E-state index contributed by atoms with van der Waals surface area (Å²) in [5.41, 5.74) is 5.81. The van der Waals surface area contributed by atoms with Gasteiger partial charge in [-0.3, -0.25) is 0 Å². The van der Waals surface area contributed by atoms with Crippen molar-refractivity contribution in [2.24, 2.45) is 5.73 Å². The van der Waals surface area contributed by atoms with Crippen LogP contribution >= 0.6 is 0 Å². The minimum Gasteiger partial charge on any atom is -0.380 e. The van der Waals surface area contributed by atoms with Gasteiger partial charge < -0.3 is 11.1 Å². The van der Waals surface area contributed by atoms with Crippen LogP contribution in [-0.2, 0) is 0 Å². The second-order valence-corrected chi connectivity index (χ2v) is 3.70. The summed E-state index contributed by atoms with van der Waals surface area (Å²) in [6.07, 6.45) is 1.63. The molecule has 0 unspecified atom stereocenters. The number of halogens is 2. The molecule has 1 aliphatic rings. The van der Waals surface area contributed by atoms with Gasteiger partial charge in [0.15, 0.2) is 0 Å². The second-order valence-electron chi connectivity index (χ2n) is 3.70. The van der Waals surface area contributed by atoms with Crippen LogP contribution in [0.4, 0.5) is 14.5 Å². The number of hydrogen-bond acceptors (Lipinski definition) is 2. The summed E-state index contributed by atoms with van der Waals surface area (Å²) in [7, 11) is 0. The molecule has 0 heterocycles. The molecule has 14 heavy (non-hydrogen) atoms. The lowest BCUT2D eigenvalue weighted by Gasteiger charge is -2.33. The molecule has 1 aromatic rings. The van der Waals surface area contributed by atoms with E-state index >= 15 is 0 Å². The minimum absolute atomic E-state index is 0.182. The van der Waals surface area contributed by atoms with Crippen LogP contribution in [0.1, 0.15) is 12.8 Å². The lowest BCUT2D eigenvalue weighted by atomic mass is 9.87. The maximum atomic E-state index is 13.1. The van der Waals surface area contributed by atoms with E-state index in [2.05, 4.69) is 5.32 Å². The molecule has 2 nitrogen and oxygen atoms in total. The molecule has 2 rings (SSSR count). The van der Waals surface area contributed by atoms with Crippen molar-refractivity contribution in [1.82, 2.24) is 0 Å². The molecule has 0 bridgehead atoms. The Bertz CT molecular complexity index is 335. The Morgan fingerprint density at radius 2 is 2.00 bits per heavy atom. The molecule has 0 saturated heterocycles. The SMILES string of the molecule is NC1CC(Nc2cc(F)ccc2F)C1. The second kappa shape index (κ2) is 3.53. The minimum atomic E-state index is -0.433. The molecule has 1 saturated carbocycles. The van der Waals surface area contributed by atoms with Crippen LogP contribution in [0.25, 0.3) is 0 Å². The van der Waals surface area contributed by atoms with E-state index < -0.39 is 11.6 Å². The number of benzene rings is 1. The molecule has 4 heteroatoms. The number of nitrogens with two attached hydrogens (primary N) is 1. The fourth-order valence-electron chi connectivity index (χ4n) is 1.61. The Morgan fingerprint density at radius 3 is 2.64 bits per heavy atom. The molecule has 1 fully saturated rings. The summed E-state index contributed by atoms with van der Waals surface area (Å²) in [4.78, 5) is 0. The molecule has 3 N–H and O–H groups in total. The predicted octanol–water partition coefficient (Wildman–Crippen LogP) is 1.87. The molecule has 0 aromatic heterocycles. The van der Waals surface area contributed by atoms with Crippen LogP contribution in [0.15, 0.2) is 18.2 Å². The highest BCUT2D eigenvalue weighted by Crippen LogP contribution is 2.24. The average Bonchev–Trinajstić information content (AvgIpc) is 2.09. The zero-order chi connectivity index (χ0) is 10.1. The molecule has 1 aliphatic carbocycles. The first kappa shape index (κ1) is 9.40. The van der Waals surface area contributed by atoms with Gasteiger partial charge in [0.2, 0.25) is 0 Å². The average molecular weight is 198 g/mol. The van der Waals surface area contributed by atoms with E-state index in [9.17, 15) is 8.78 Å². The van der Waals surface area contributed by atoms with Gasteiger partial charge in [-0.2, -0.15) is 0 Å². The Labute approximate surface area is 81.1 Å². The zero-order valence-electron chi connectivity index (χ0n) is 7.63. The highest BCUT2D eigenvalue weighted by Gasteiger charge is 2.26. The highest BCUT2D eigenvalue weighted by atomic mass is 19.1. The molecule has 1 aromatic carbocycles. The van der Waals surface area contributed by atoms with Gasteiger partial charge in [-0.05, 0) is 31.0 Å². The third-order valence-corrected chi connectivity index (χ3v) is 2.46. The molecule has 76 valence electrons. The van der Waals surface area contributed by atoms with Crippen LogP contribution < -0.4 is 11.1 Å². The molecule has 0 amide bonds. The van der Waals surface area contributed by atoms with Gasteiger partial charge in [-0.25, -0.2) is 8.78 Å². The fraction of sp³-hybridized carbons (Fsp3) is 0.400. The van der Waals surface area contributed by atoms with Crippen molar-refractivity contribution < 1.29 is 8.78 Å². The molecule has 0 radical (unpaired) electrons. The van der Waals surface area contributed by atoms with Gasteiger partial charge in [-0.1, -0.05) is 0 Å². The summed E-state index contributed by atoms with van der Waals surface area (Å²) in [6.45, 7) is 0. The van der Waals surface area contributed by atoms with Crippen molar-refractivity contribution in [1.29, 1.82) is 0 Å². The summed E-state index contributed by atoms with van der Waals surface area (Å²) in [5.74, 6) is -0.857. The van der Waals surface area contributed by atoms with Gasteiger partial charge in [0.05, 0.1) is 5.69 Å². The van der Waals surface area contributed by atoms with Gasteiger partial charge in [0.1, 0.15) is 11.6 Å². The number of rotatable bonds is 2. The number of hydrogen-bond donors (Lipinski definition) is 2. The summed E-state index contributed by atoms with van der Waals surface area (Å²) in [5, 5.41) is 2.92. The first-order valence-electron chi connectivity index (χ1n) is 4.62. The summed E-state index contributed by atoms with van der Waals surface area (Å²) in [6, 6.07) is 3.77. The predicted molar refractivity (Wildman–Crippen MR) is 51.0 cm³/mol. The Hall–Kier alpha value is -1.16. The van der Waals surface area contributed by atoms with Crippen LogP contribution in [0.3, 0.4) is 0 Å². The quantitative estimate of drug-likeness (QED) is 0.761. The van der Waals surface area contributed by atoms with E-state index in [1.54, 1.807) is 0 Å². The lowest BCUT2D eigenvalue weighted by Crippen LogP contribution is -2.44. The molecule has 0 aliphatic heterocycles. The summed E-state index contributed by atoms with van der Waals surface area (Å²) < 4.78 is 25.9. The Balaban J connectivity index is 2.05. The van der Waals surface area contributed by atoms with E-state index in [0.717, 1.165) is 25.0 Å². The van der Waals surface area contributed by atoms with Gasteiger partial charge >= 0.3 is 0 Å². The smallest absolute Gasteiger partial charge is 0.146 e. The first-order chi connectivity index (χ1) is 6.65. The van der Waals surface area contributed by atoms with Crippen molar-refractivity contribution in [2.45, 2.75) is 24.9 Å². The Kier molecular flexibility index (Phi) is 2.37. The number of nitrogens with one attached hydrogen (secondary N) is 1. The third-order valence-electron chi connectivity index (χ3n) is 2.46. The van der Waals surface area contributed by atoms with Crippen molar-refractivity contribution in [3.63, 3.8) is 0 Å². The third kappa shape index (κ3) is 1.85. The van der Waals surface area contributed by atoms with E-state index in [1.807, 2.05) is 0 Å². The maximum absolute atomic E-state index is 13.1.